The topological polar surface area (TPSA) is 32.3 Å². The molecule has 0 saturated heterocycles. The summed E-state index contributed by atoms with van der Waals surface area (Å²) in [7, 11) is 0. The third-order valence-electron chi connectivity index (χ3n) is 2.98. The molecule has 1 aliphatic rings. The second-order valence-electron chi connectivity index (χ2n) is 4.59. The van der Waals surface area contributed by atoms with Gasteiger partial charge in [0.1, 0.15) is 0 Å². The molecular formula is C12H23NO. The third-order valence-corrected chi connectivity index (χ3v) is 2.98. The van der Waals surface area contributed by atoms with Crippen LogP contribution in [-0.4, -0.2) is 24.3 Å². The molecule has 2 heteroatoms. The molecule has 0 aromatic heterocycles. The lowest BCUT2D eigenvalue weighted by atomic mass is 9.87. The molecule has 0 aromatic rings. The monoisotopic (exact) mass is 197 g/mol. The van der Waals surface area contributed by atoms with Gasteiger partial charge >= 0.3 is 0 Å². The molecule has 0 radical (unpaired) electrons. The standard InChI is InChI=1S/C12H23NO/c1-10(2)7-8-13-9-11-3-5-12(14)6-4-11/h11-14H,1,3-9H2,2H3. The Morgan fingerprint density at radius 1 is 1.36 bits per heavy atom. The van der Waals surface area contributed by atoms with Crippen LogP contribution in [-0.2, 0) is 0 Å². The Morgan fingerprint density at radius 2 is 2.00 bits per heavy atom. The first kappa shape index (κ1) is 11.7. The number of aliphatic hydroxyl groups excluding tert-OH is 1. The number of hydrogen-bond acceptors (Lipinski definition) is 2. The zero-order chi connectivity index (χ0) is 10.4. The molecule has 0 aliphatic heterocycles. The van der Waals surface area contributed by atoms with Gasteiger partial charge in [0.2, 0.25) is 0 Å². The first-order valence-electron chi connectivity index (χ1n) is 5.71. The van der Waals surface area contributed by atoms with E-state index in [0.717, 1.165) is 38.3 Å². The van der Waals surface area contributed by atoms with E-state index in [1.165, 1.54) is 18.4 Å². The minimum atomic E-state index is -0.0262. The molecule has 2 nitrogen and oxygen atoms in total. The highest BCUT2D eigenvalue weighted by molar-refractivity contribution is 4.88. The molecule has 0 amide bonds. The van der Waals surface area contributed by atoms with Crippen molar-refractivity contribution in [2.75, 3.05) is 13.1 Å². The number of hydrogen-bond donors (Lipinski definition) is 2. The lowest BCUT2D eigenvalue weighted by Gasteiger charge is -2.25. The van der Waals surface area contributed by atoms with Gasteiger partial charge in [0.25, 0.3) is 0 Å². The molecular weight excluding hydrogens is 174 g/mol. The van der Waals surface area contributed by atoms with Crippen LogP contribution < -0.4 is 5.32 Å². The Labute approximate surface area is 87.4 Å². The van der Waals surface area contributed by atoms with E-state index in [2.05, 4.69) is 18.8 Å². The Kier molecular flexibility index (Phi) is 5.20. The normalized spacial score (nSPS) is 27.6. The first-order chi connectivity index (χ1) is 6.68. The van der Waals surface area contributed by atoms with E-state index >= 15 is 0 Å². The summed E-state index contributed by atoms with van der Waals surface area (Å²) in [5.74, 6) is 0.781. The molecule has 0 heterocycles. The summed E-state index contributed by atoms with van der Waals surface area (Å²) in [6.07, 6.45) is 5.40. The smallest absolute Gasteiger partial charge is 0.0540 e. The summed E-state index contributed by atoms with van der Waals surface area (Å²) in [4.78, 5) is 0. The second-order valence-corrected chi connectivity index (χ2v) is 4.59. The van der Waals surface area contributed by atoms with Crippen molar-refractivity contribution in [2.24, 2.45) is 5.92 Å². The van der Waals surface area contributed by atoms with E-state index in [-0.39, 0.29) is 6.10 Å². The molecule has 1 rings (SSSR count). The van der Waals surface area contributed by atoms with Crippen molar-refractivity contribution in [3.05, 3.63) is 12.2 Å². The predicted molar refractivity (Wildman–Crippen MR) is 60.3 cm³/mol. The van der Waals surface area contributed by atoms with Gasteiger partial charge in [-0.15, -0.1) is 6.58 Å². The number of rotatable bonds is 5. The summed E-state index contributed by atoms with van der Waals surface area (Å²) in [6.45, 7) is 8.11. The van der Waals surface area contributed by atoms with Gasteiger partial charge in [0.15, 0.2) is 0 Å². The van der Waals surface area contributed by atoms with E-state index in [0.29, 0.717) is 0 Å². The largest absolute Gasteiger partial charge is 0.393 e. The third kappa shape index (κ3) is 4.77. The number of aliphatic hydroxyl groups is 1. The van der Waals surface area contributed by atoms with Gasteiger partial charge in [-0.05, 0) is 58.0 Å². The van der Waals surface area contributed by atoms with Crippen LogP contribution in [0, 0.1) is 5.92 Å². The van der Waals surface area contributed by atoms with Crippen LogP contribution >= 0.6 is 0 Å². The van der Waals surface area contributed by atoms with E-state index < -0.39 is 0 Å². The predicted octanol–water partition coefficient (Wildman–Crippen LogP) is 2.09. The molecule has 1 saturated carbocycles. The maximum absolute atomic E-state index is 9.34. The van der Waals surface area contributed by atoms with Crippen molar-refractivity contribution >= 4 is 0 Å². The SMILES string of the molecule is C=C(C)CCNCC1CCC(O)CC1. The molecule has 0 atom stereocenters. The summed E-state index contributed by atoms with van der Waals surface area (Å²) in [6, 6.07) is 0. The fourth-order valence-corrected chi connectivity index (χ4v) is 1.96. The van der Waals surface area contributed by atoms with E-state index in [9.17, 15) is 5.11 Å². The van der Waals surface area contributed by atoms with Crippen LogP contribution in [0.5, 0.6) is 0 Å². The van der Waals surface area contributed by atoms with Crippen LogP contribution in [0.25, 0.3) is 0 Å². The average Bonchev–Trinajstić information content (AvgIpc) is 2.15. The highest BCUT2D eigenvalue weighted by Crippen LogP contribution is 2.23. The molecule has 2 N–H and O–H groups in total. The molecule has 0 unspecified atom stereocenters. The summed E-state index contributed by atoms with van der Waals surface area (Å²) >= 11 is 0. The van der Waals surface area contributed by atoms with Gasteiger partial charge in [0.05, 0.1) is 6.10 Å². The molecule has 0 spiro atoms. The zero-order valence-electron chi connectivity index (χ0n) is 9.26. The lowest BCUT2D eigenvalue weighted by Crippen LogP contribution is -2.28. The van der Waals surface area contributed by atoms with Crippen molar-refractivity contribution in [1.29, 1.82) is 0 Å². The average molecular weight is 197 g/mol. The molecule has 14 heavy (non-hydrogen) atoms. The fourth-order valence-electron chi connectivity index (χ4n) is 1.96. The van der Waals surface area contributed by atoms with Crippen LogP contribution in [0.2, 0.25) is 0 Å². The molecule has 0 bridgehead atoms. The quantitative estimate of drug-likeness (QED) is 0.522. The Balaban J connectivity index is 1.99. The van der Waals surface area contributed by atoms with Gasteiger partial charge < -0.3 is 10.4 Å². The minimum absolute atomic E-state index is 0.0262. The zero-order valence-corrected chi connectivity index (χ0v) is 9.26. The summed E-state index contributed by atoms with van der Waals surface area (Å²) in [5, 5.41) is 12.8. The van der Waals surface area contributed by atoms with Crippen molar-refractivity contribution in [1.82, 2.24) is 5.32 Å². The van der Waals surface area contributed by atoms with E-state index in [1.54, 1.807) is 0 Å². The minimum Gasteiger partial charge on any atom is -0.393 e. The first-order valence-corrected chi connectivity index (χ1v) is 5.71. The van der Waals surface area contributed by atoms with Gasteiger partial charge in [-0.1, -0.05) is 5.57 Å². The van der Waals surface area contributed by atoms with Crippen LogP contribution in [0.1, 0.15) is 39.0 Å². The lowest BCUT2D eigenvalue weighted by molar-refractivity contribution is 0.108. The van der Waals surface area contributed by atoms with E-state index in [4.69, 9.17) is 0 Å². The Bertz CT molecular complexity index is 171. The highest BCUT2D eigenvalue weighted by atomic mass is 16.3. The van der Waals surface area contributed by atoms with Gasteiger partial charge in [-0.2, -0.15) is 0 Å². The van der Waals surface area contributed by atoms with Crippen molar-refractivity contribution in [3.63, 3.8) is 0 Å². The van der Waals surface area contributed by atoms with Crippen molar-refractivity contribution in [2.45, 2.75) is 45.1 Å². The highest BCUT2D eigenvalue weighted by Gasteiger charge is 2.18. The van der Waals surface area contributed by atoms with Crippen molar-refractivity contribution in [3.8, 4) is 0 Å². The molecule has 0 aromatic carbocycles. The second kappa shape index (κ2) is 6.20. The Hall–Kier alpha value is -0.340. The van der Waals surface area contributed by atoms with Crippen LogP contribution in [0.3, 0.4) is 0 Å². The van der Waals surface area contributed by atoms with Gasteiger partial charge in [-0.3, -0.25) is 0 Å². The summed E-state index contributed by atoms with van der Waals surface area (Å²) in [5.41, 5.74) is 1.25. The van der Waals surface area contributed by atoms with Crippen LogP contribution in [0.4, 0.5) is 0 Å². The number of nitrogens with one attached hydrogen (secondary N) is 1. The van der Waals surface area contributed by atoms with Crippen molar-refractivity contribution < 1.29 is 5.11 Å². The molecule has 82 valence electrons. The molecule has 1 aliphatic carbocycles. The maximum atomic E-state index is 9.34. The van der Waals surface area contributed by atoms with E-state index in [1.807, 2.05) is 0 Å². The Morgan fingerprint density at radius 3 is 2.57 bits per heavy atom. The molecule has 1 fully saturated rings. The van der Waals surface area contributed by atoms with Gasteiger partial charge in [0, 0.05) is 0 Å². The fraction of sp³-hybridized carbons (Fsp3) is 0.833. The van der Waals surface area contributed by atoms with Gasteiger partial charge in [-0.25, -0.2) is 0 Å². The maximum Gasteiger partial charge on any atom is 0.0540 e. The van der Waals surface area contributed by atoms with Crippen LogP contribution in [0.15, 0.2) is 12.2 Å². The summed E-state index contributed by atoms with van der Waals surface area (Å²) < 4.78 is 0.